The molecule has 0 N–H and O–H groups in total. The third kappa shape index (κ3) is 7.32. The Balaban J connectivity index is 1.16. The fourth-order valence-electron chi connectivity index (χ4n) is 6.41. The van der Waals surface area contributed by atoms with E-state index < -0.39 is 0 Å². The minimum Gasteiger partial charge on any atom is -0.205 e. The summed E-state index contributed by atoms with van der Waals surface area (Å²) in [6, 6.07) is 14.4. The van der Waals surface area contributed by atoms with Gasteiger partial charge in [-0.3, -0.25) is 0 Å². The van der Waals surface area contributed by atoms with E-state index in [0.29, 0.717) is 0 Å². The van der Waals surface area contributed by atoms with Gasteiger partial charge in [-0.15, -0.1) is 0 Å². The summed E-state index contributed by atoms with van der Waals surface area (Å²) >= 11 is 5.79. The van der Waals surface area contributed by atoms with Gasteiger partial charge in [0.2, 0.25) is 0 Å². The van der Waals surface area contributed by atoms with E-state index in [4.69, 9.17) is 11.6 Å². The SMILES string of the molecule is CCC[C@H]1CC[C@H](CCC2CCC(c3ccc(CCc4ccc(Cl)c(F)c4)cc3)CC2)CC1. The van der Waals surface area contributed by atoms with E-state index in [-0.39, 0.29) is 10.8 Å². The molecule has 0 unspecified atom stereocenters. The Labute approximate surface area is 206 Å². The second-order valence-corrected chi connectivity index (χ2v) is 11.4. The third-order valence-corrected chi connectivity index (χ3v) is 8.94. The number of benzene rings is 2. The molecular formula is C31H42ClF. The highest BCUT2D eigenvalue weighted by atomic mass is 35.5. The molecule has 2 heteroatoms. The minimum absolute atomic E-state index is 0.201. The first-order chi connectivity index (χ1) is 16.1. The standard InChI is InChI=1S/C31H42ClF/c1-2-3-23-4-6-24(7-5-23)8-9-25-12-17-28(18-13-25)29-19-14-26(15-20-29)10-11-27-16-21-30(32)31(33)22-27/h14-16,19-25,28H,2-13,17-18H2,1H3/t23-,24-,25?,28?. The van der Waals surface area contributed by atoms with E-state index in [9.17, 15) is 4.39 Å². The third-order valence-electron chi connectivity index (χ3n) is 8.63. The molecule has 0 nitrogen and oxygen atoms in total. The van der Waals surface area contributed by atoms with Crippen molar-refractivity contribution in [1.29, 1.82) is 0 Å². The smallest absolute Gasteiger partial charge is 0.142 e. The molecule has 2 aliphatic rings. The largest absolute Gasteiger partial charge is 0.205 e. The predicted molar refractivity (Wildman–Crippen MR) is 140 cm³/mol. The van der Waals surface area contributed by atoms with Gasteiger partial charge in [-0.1, -0.05) is 100 Å². The molecule has 2 saturated carbocycles. The van der Waals surface area contributed by atoms with Crippen LogP contribution in [-0.2, 0) is 12.8 Å². The number of aryl methyl sites for hydroxylation is 2. The summed E-state index contributed by atoms with van der Waals surface area (Å²) in [5.41, 5.74) is 3.86. The normalized spacial score (nSPS) is 25.8. The van der Waals surface area contributed by atoms with Gasteiger partial charge in [-0.05, 0) is 91.0 Å². The second kappa shape index (κ2) is 12.4. The van der Waals surface area contributed by atoms with Gasteiger partial charge in [0.15, 0.2) is 0 Å². The zero-order valence-corrected chi connectivity index (χ0v) is 21.3. The lowest BCUT2D eigenvalue weighted by Gasteiger charge is -2.32. The lowest BCUT2D eigenvalue weighted by Crippen LogP contribution is -2.17. The van der Waals surface area contributed by atoms with Crippen molar-refractivity contribution in [2.24, 2.45) is 17.8 Å². The van der Waals surface area contributed by atoms with Crippen LogP contribution in [0, 0.1) is 23.6 Å². The molecule has 0 aromatic heterocycles. The lowest BCUT2D eigenvalue weighted by molar-refractivity contribution is 0.224. The number of hydrogen-bond donors (Lipinski definition) is 0. The maximum Gasteiger partial charge on any atom is 0.142 e. The molecule has 4 rings (SSSR count). The van der Waals surface area contributed by atoms with Crippen LogP contribution in [0.3, 0.4) is 0 Å². The highest BCUT2D eigenvalue weighted by Gasteiger charge is 2.25. The molecule has 2 aliphatic carbocycles. The van der Waals surface area contributed by atoms with Crippen molar-refractivity contribution in [2.45, 2.75) is 103 Å². The van der Waals surface area contributed by atoms with E-state index in [1.54, 1.807) is 12.1 Å². The number of rotatable bonds is 9. The van der Waals surface area contributed by atoms with Gasteiger partial charge in [0.25, 0.3) is 0 Å². The molecular weight excluding hydrogens is 427 g/mol. The van der Waals surface area contributed by atoms with Crippen molar-refractivity contribution in [3.05, 3.63) is 70.0 Å². The lowest BCUT2D eigenvalue weighted by atomic mass is 9.74. The Hall–Kier alpha value is -1.34. The highest BCUT2D eigenvalue weighted by Crippen LogP contribution is 2.40. The van der Waals surface area contributed by atoms with Gasteiger partial charge >= 0.3 is 0 Å². The summed E-state index contributed by atoms with van der Waals surface area (Å²) in [5, 5.41) is 0.201. The average molecular weight is 469 g/mol. The zero-order chi connectivity index (χ0) is 23.0. The van der Waals surface area contributed by atoms with Gasteiger partial charge in [0.05, 0.1) is 5.02 Å². The van der Waals surface area contributed by atoms with Crippen molar-refractivity contribution < 1.29 is 4.39 Å². The van der Waals surface area contributed by atoms with Crippen LogP contribution in [0.25, 0.3) is 0 Å². The first kappa shape index (κ1) is 24.8. The fraction of sp³-hybridized carbons (Fsp3) is 0.613. The van der Waals surface area contributed by atoms with Crippen molar-refractivity contribution in [1.82, 2.24) is 0 Å². The Kier molecular flexibility index (Phi) is 9.30. The highest BCUT2D eigenvalue weighted by molar-refractivity contribution is 6.30. The molecule has 0 heterocycles. The molecule has 0 spiro atoms. The predicted octanol–water partition coefficient (Wildman–Crippen LogP) is 9.92. The molecule has 2 aromatic rings. The Bertz CT molecular complexity index is 842. The maximum atomic E-state index is 13.6. The van der Waals surface area contributed by atoms with Crippen LogP contribution in [0.2, 0.25) is 5.02 Å². The van der Waals surface area contributed by atoms with Gasteiger partial charge in [-0.2, -0.15) is 0 Å². The van der Waals surface area contributed by atoms with Crippen LogP contribution in [0.1, 0.15) is 107 Å². The molecule has 0 saturated heterocycles. The van der Waals surface area contributed by atoms with Gasteiger partial charge in [0.1, 0.15) is 5.82 Å². The van der Waals surface area contributed by atoms with Crippen molar-refractivity contribution >= 4 is 11.6 Å². The van der Waals surface area contributed by atoms with E-state index in [1.165, 1.54) is 88.2 Å². The van der Waals surface area contributed by atoms with E-state index in [0.717, 1.165) is 42.1 Å². The molecule has 0 amide bonds. The van der Waals surface area contributed by atoms with Crippen molar-refractivity contribution in [2.75, 3.05) is 0 Å². The summed E-state index contributed by atoms with van der Waals surface area (Å²) in [6.07, 6.45) is 19.1. The van der Waals surface area contributed by atoms with E-state index >= 15 is 0 Å². The number of halogens is 2. The van der Waals surface area contributed by atoms with Crippen LogP contribution in [0.5, 0.6) is 0 Å². The summed E-state index contributed by atoms with van der Waals surface area (Å²) < 4.78 is 13.6. The maximum absolute atomic E-state index is 13.6. The van der Waals surface area contributed by atoms with E-state index in [1.807, 2.05) is 6.07 Å². The average Bonchev–Trinajstić information content (AvgIpc) is 2.85. The Morgan fingerprint density at radius 3 is 1.79 bits per heavy atom. The zero-order valence-electron chi connectivity index (χ0n) is 20.5. The summed E-state index contributed by atoms with van der Waals surface area (Å²) in [5.74, 6) is 3.44. The van der Waals surface area contributed by atoms with Crippen LogP contribution < -0.4 is 0 Å². The molecule has 180 valence electrons. The molecule has 0 aliphatic heterocycles. The first-order valence-electron chi connectivity index (χ1n) is 13.6. The van der Waals surface area contributed by atoms with Crippen molar-refractivity contribution in [3.8, 4) is 0 Å². The summed E-state index contributed by atoms with van der Waals surface area (Å²) in [4.78, 5) is 0. The summed E-state index contributed by atoms with van der Waals surface area (Å²) in [7, 11) is 0. The van der Waals surface area contributed by atoms with Crippen molar-refractivity contribution in [3.63, 3.8) is 0 Å². The van der Waals surface area contributed by atoms with Crippen LogP contribution in [-0.4, -0.2) is 0 Å². The van der Waals surface area contributed by atoms with Gasteiger partial charge < -0.3 is 0 Å². The summed E-state index contributed by atoms with van der Waals surface area (Å²) in [6.45, 7) is 2.34. The van der Waals surface area contributed by atoms with Crippen LogP contribution in [0.15, 0.2) is 42.5 Å². The Morgan fingerprint density at radius 1 is 0.697 bits per heavy atom. The van der Waals surface area contributed by atoms with Gasteiger partial charge in [-0.25, -0.2) is 4.39 Å². The quantitative estimate of drug-likeness (QED) is 0.343. The van der Waals surface area contributed by atoms with E-state index in [2.05, 4.69) is 31.2 Å². The van der Waals surface area contributed by atoms with Crippen LogP contribution in [0.4, 0.5) is 4.39 Å². The second-order valence-electron chi connectivity index (χ2n) is 11.0. The van der Waals surface area contributed by atoms with Gasteiger partial charge in [0, 0.05) is 0 Å². The monoisotopic (exact) mass is 468 g/mol. The molecule has 33 heavy (non-hydrogen) atoms. The minimum atomic E-state index is -0.320. The molecule has 2 aromatic carbocycles. The Morgan fingerprint density at radius 2 is 1.21 bits per heavy atom. The van der Waals surface area contributed by atoms with Crippen LogP contribution >= 0.6 is 11.6 Å². The first-order valence-corrected chi connectivity index (χ1v) is 14.0. The molecule has 0 radical (unpaired) electrons. The molecule has 2 fully saturated rings. The fourth-order valence-corrected chi connectivity index (χ4v) is 6.53. The molecule has 0 atom stereocenters. The molecule has 0 bridgehead atoms. The number of hydrogen-bond acceptors (Lipinski definition) is 0. The topological polar surface area (TPSA) is 0 Å².